The number of amides is 1. The molecule has 0 aliphatic carbocycles. The lowest BCUT2D eigenvalue weighted by atomic mass is 10.1. The molecule has 3 aromatic carbocycles. The summed E-state index contributed by atoms with van der Waals surface area (Å²) in [4.78, 5) is 19.6. The Bertz CT molecular complexity index is 1300. The Morgan fingerprint density at radius 2 is 1.74 bits per heavy atom. The molecule has 34 heavy (non-hydrogen) atoms. The van der Waals surface area contributed by atoms with Gasteiger partial charge in [-0.25, -0.2) is 4.98 Å². The Morgan fingerprint density at radius 3 is 2.53 bits per heavy atom. The van der Waals surface area contributed by atoms with Crippen LogP contribution in [0.4, 0.5) is 5.69 Å². The van der Waals surface area contributed by atoms with Crippen LogP contribution in [0.2, 0.25) is 5.02 Å². The van der Waals surface area contributed by atoms with Gasteiger partial charge in [0.2, 0.25) is 5.91 Å². The monoisotopic (exact) mass is 475 g/mol. The Morgan fingerprint density at radius 1 is 1.00 bits per heavy atom. The first kappa shape index (κ1) is 22.3. The maximum Gasteiger partial charge on any atom is 0.227 e. The summed E-state index contributed by atoms with van der Waals surface area (Å²) < 4.78 is 13.6. The molecule has 1 atom stereocenters. The van der Waals surface area contributed by atoms with Crippen molar-refractivity contribution >= 4 is 34.2 Å². The second kappa shape index (κ2) is 9.77. The second-order valence-electron chi connectivity index (χ2n) is 8.35. The lowest BCUT2D eigenvalue weighted by Crippen LogP contribution is -2.24. The van der Waals surface area contributed by atoms with Crippen molar-refractivity contribution in [1.29, 1.82) is 0 Å². The van der Waals surface area contributed by atoms with Gasteiger partial charge >= 0.3 is 0 Å². The number of imidazole rings is 1. The number of hydrogen-bond donors (Lipinski definition) is 0. The van der Waals surface area contributed by atoms with Gasteiger partial charge in [0, 0.05) is 36.1 Å². The minimum Gasteiger partial charge on any atom is -0.493 e. The Hall–Kier alpha value is -3.51. The average Bonchev–Trinajstić information content (AvgIpc) is 3.43. The number of benzene rings is 3. The van der Waals surface area contributed by atoms with Crippen molar-refractivity contribution in [2.75, 3.05) is 25.2 Å². The number of halogens is 1. The highest BCUT2D eigenvalue weighted by Gasteiger charge is 2.34. The summed E-state index contributed by atoms with van der Waals surface area (Å²) >= 11 is 6.03. The van der Waals surface area contributed by atoms with Gasteiger partial charge in [0.05, 0.1) is 24.8 Å². The number of aryl methyl sites for hydroxylation is 1. The van der Waals surface area contributed by atoms with Crippen molar-refractivity contribution in [3.8, 4) is 11.5 Å². The molecular weight excluding hydrogens is 450 g/mol. The van der Waals surface area contributed by atoms with Crippen molar-refractivity contribution in [3.05, 3.63) is 83.6 Å². The van der Waals surface area contributed by atoms with E-state index >= 15 is 0 Å². The Kier molecular flexibility index (Phi) is 6.41. The summed E-state index contributed by atoms with van der Waals surface area (Å²) in [5, 5.41) is 0.657. The van der Waals surface area contributed by atoms with Crippen LogP contribution in [-0.4, -0.2) is 35.7 Å². The molecule has 0 N–H and O–H groups in total. The molecule has 1 amide bonds. The van der Waals surface area contributed by atoms with Crippen molar-refractivity contribution in [2.24, 2.45) is 0 Å². The van der Waals surface area contributed by atoms with Crippen molar-refractivity contribution in [2.45, 2.75) is 25.3 Å². The van der Waals surface area contributed by atoms with Gasteiger partial charge in [-0.15, -0.1) is 0 Å². The number of methoxy groups -OCH3 is 1. The van der Waals surface area contributed by atoms with E-state index in [1.165, 1.54) is 0 Å². The summed E-state index contributed by atoms with van der Waals surface area (Å²) in [6.07, 6.45) is 1.23. The van der Waals surface area contributed by atoms with E-state index in [0.29, 0.717) is 24.6 Å². The van der Waals surface area contributed by atoms with Crippen molar-refractivity contribution in [3.63, 3.8) is 0 Å². The van der Waals surface area contributed by atoms with Gasteiger partial charge in [-0.1, -0.05) is 35.9 Å². The first-order valence-electron chi connectivity index (χ1n) is 11.4. The number of anilines is 1. The number of fused-ring (bicyclic) bond motifs is 1. The van der Waals surface area contributed by atoms with Gasteiger partial charge in [-0.2, -0.15) is 0 Å². The van der Waals surface area contributed by atoms with Gasteiger partial charge in [-0.05, 0) is 55.0 Å². The van der Waals surface area contributed by atoms with E-state index in [1.54, 1.807) is 7.11 Å². The van der Waals surface area contributed by atoms with Crippen LogP contribution in [-0.2, 0) is 11.3 Å². The topological polar surface area (TPSA) is 56.6 Å². The quantitative estimate of drug-likeness (QED) is 0.307. The van der Waals surface area contributed by atoms with E-state index in [-0.39, 0.29) is 11.8 Å². The van der Waals surface area contributed by atoms with E-state index < -0.39 is 0 Å². The predicted molar refractivity (Wildman–Crippen MR) is 134 cm³/mol. The molecule has 174 valence electrons. The van der Waals surface area contributed by atoms with Gasteiger partial charge in [0.1, 0.15) is 5.82 Å². The highest BCUT2D eigenvalue weighted by Crippen LogP contribution is 2.34. The third kappa shape index (κ3) is 4.46. The summed E-state index contributed by atoms with van der Waals surface area (Å²) in [5.41, 5.74) is 2.89. The van der Waals surface area contributed by atoms with E-state index in [1.807, 2.05) is 71.6 Å². The zero-order chi connectivity index (χ0) is 23.5. The van der Waals surface area contributed by atoms with E-state index in [9.17, 15) is 4.79 Å². The highest BCUT2D eigenvalue weighted by molar-refractivity contribution is 6.30. The average molecular weight is 476 g/mol. The molecule has 0 spiro atoms. The molecule has 6 nitrogen and oxygen atoms in total. The molecule has 1 aliphatic heterocycles. The van der Waals surface area contributed by atoms with Crippen LogP contribution in [0.15, 0.2) is 72.8 Å². The molecule has 1 aromatic heterocycles. The number of carbonyl (C=O) groups excluding carboxylic acids is 1. The zero-order valence-electron chi connectivity index (χ0n) is 19.0. The fraction of sp³-hybridized carbons (Fsp3) is 0.259. The molecular formula is C27H26ClN3O3. The molecule has 1 saturated heterocycles. The van der Waals surface area contributed by atoms with Crippen LogP contribution >= 0.6 is 11.6 Å². The van der Waals surface area contributed by atoms with E-state index in [4.69, 9.17) is 26.1 Å². The Labute approximate surface area is 203 Å². The highest BCUT2D eigenvalue weighted by atomic mass is 35.5. The predicted octanol–water partition coefficient (Wildman–Crippen LogP) is 5.69. The summed E-state index contributed by atoms with van der Waals surface area (Å²) in [6, 6.07) is 23.2. The number of para-hydroxylation sites is 4. The fourth-order valence-electron chi connectivity index (χ4n) is 4.53. The van der Waals surface area contributed by atoms with Gasteiger partial charge in [0.15, 0.2) is 11.5 Å². The van der Waals surface area contributed by atoms with Crippen molar-refractivity contribution < 1.29 is 14.3 Å². The lowest BCUT2D eigenvalue weighted by molar-refractivity contribution is -0.117. The Balaban J connectivity index is 1.34. The largest absolute Gasteiger partial charge is 0.493 e. The molecule has 1 fully saturated rings. The van der Waals surface area contributed by atoms with Gasteiger partial charge in [0.25, 0.3) is 0 Å². The van der Waals surface area contributed by atoms with Gasteiger partial charge < -0.3 is 18.9 Å². The minimum atomic E-state index is 0.0192. The SMILES string of the molecule is COc1ccccc1OCCCn1c(C2CC(=O)N(c3ccc(Cl)cc3)C2)nc2ccccc21. The van der Waals surface area contributed by atoms with Gasteiger partial charge in [-0.3, -0.25) is 4.79 Å². The first-order valence-corrected chi connectivity index (χ1v) is 11.8. The summed E-state index contributed by atoms with van der Waals surface area (Å²) in [6.45, 7) is 1.89. The zero-order valence-corrected chi connectivity index (χ0v) is 19.7. The first-order chi connectivity index (χ1) is 16.6. The number of aromatic nitrogens is 2. The molecule has 1 unspecified atom stereocenters. The maximum atomic E-state index is 12.9. The van der Waals surface area contributed by atoms with Crippen LogP contribution in [0.25, 0.3) is 11.0 Å². The standard InChI is InChI=1S/C27H26ClN3O3/c1-33-24-9-4-5-10-25(24)34-16-6-15-30-23-8-3-2-7-22(23)29-27(30)19-17-26(32)31(18-19)21-13-11-20(28)12-14-21/h2-5,7-14,19H,6,15-18H2,1H3. The third-order valence-corrected chi connectivity index (χ3v) is 6.42. The molecule has 0 saturated carbocycles. The number of rotatable bonds is 8. The normalized spacial score (nSPS) is 15.8. The maximum absolute atomic E-state index is 12.9. The fourth-order valence-corrected chi connectivity index (χ4v) is 4.66. The molecule has 0 bridgehead atoms. The van der Waals surface area contributed by atoms with E-state index in [2.05, 4.69) is 10.6 Å². The minimum absolute atomic E-state index is 0.0192. The molecule has 4 aromatic rings. The smallest absolute Gasteiger partial charge is 0.227 e. The van der Waals surface area contributed by atoms with Crippen LogP contribution in [0, 0.1) is 0 Å². The van der Waals surface area contributed by atoms with Crippen LogP contribution in [0.3, 0.4) is 0 Å². The van der Waals surface area contributed by atoms with Crippen LogP contribution in [0.1, 0.15) is 24.6 Å². The molecule has 1 aliphatic rings. The lowest BCUT2D eigenvalue weighted by Gasteiger charge is -2.17. The van der Waals surface area contributed by atoms with Crippen molar-refractivity contribution in [1.82, 2.24) is 9.55 Å². The molecule has 0 radical (unpaired) electrons. The summed E-state index contributed by atoms with van der Waals surface area (Å²) in [5.74, 6) is 2.53. The third-order valence-electron chi connectivity index (χ3n) is 6.17. The van der Waals surface area contributed by atoms with Crippen LogP contribution in [0.5, 0.6) is 11.5 Å². The molecule has 2 heterocycles. The van der Waals surface area contributed by atoms with Crippen LogP contribution < -0.4 is 14.4 Å². The molecule has 7 heteroatoms. The second-order valence-corrected chi connectivity index (χ2v) is 8.78. The number of hydrogen-bond acceptors (Lipinski definition) is 4. The summed E-state index contributed by atoms with van der Waals surface area (Å²) in [7, 11) is 1.64. The number of carbonyl (C=O) groups is 1. The number of nitrogens with zero attached hydrogens (tertiary/aromatic N) is 3. The number of ether oxygens (including phenoxy) is 2. The molecule has 5 rings (SSSR count). The van der Waals surface area contributed by atoms with E-state index in [0.717, 1.165) is 47.0 Å².